The highest BCUT2D eigenvalue weighted by molar-refractivity contribution is 7.80. The molecule has 2 unspecified atom stereocenters. The Hall–Kier alpha value is -1.42. The Morgan fingerprint density at radius 2 is 1.85 bits per heavy atom. The van der Waals surface area contributed by atoms with Gasteiger partial charge in [0.05, 0.1) is 10.9 Å². The van der Waals surface area contributed by atoms with Gasteiger partial charge in [-0.2, -0.15) is 0 Å². The third-order valence-electron chi connectivity index (χ3n) is 3.50. The molecule has 3 nitrogen and oxygen atoms in total. The van der Waals surface area contributed by atoms with E-state index in [0.29, 0.717) is 12.5 Å². The Morgan fingerprint density at radius 1 is 1.25 bits per heavy atom. The van der Waals surface area contributed by atoms with E-state index in [9.17, 15) is 4.79 Å². The number of carbonyl (C=O) groups is 1. The van der Waals surface area contributed by atoms with Crippen LogP contribution in [0, 0.1) is 11.8 Å². The van der Waals surface area contributed by atoms with E-state index in [2.05, 4.69) is 24.4 Å². The first kappa shape index (κ1) is 16.6. The zero-order chi connectivity index (χ0) is 15.1. The van der Waals surface area contributed by atoms with Crippen molar-refractivity contribution in [2.75, 3.05) is 6.54 Å². The lowest BCUT2D eigenvalue weighted by atomic mass is 9.94. The molecule has 0 saturated carbocycles. The molecule has 2 atom stereocenters. The quantitative estimate of drug-likeness (QED) is 0.760. The Labute approximate surface area is 126 Å². The average molecular weight is 292 g/mol. The second-order valence-corrected chi connectivity index (χ2v) is 5.99. The molecule has 110 valence electrons. The molecular weight excluding hydrogens is 268 g/mol. The molecule has 0 aliphatic heterocycles. The van der Waals surface area contributed by atoms with E-state index in [0.717, 1.165) is 6.42 Å². The van der Waals surface area contributed by atoms with Crippen LogP contribution >= 0.6 is 12.2 Å². The van der Waals surface area contributed by atoms with Crippen LogP contribution in [0.25, 0.3) is 0 Å². The van der Waals surface area contributed by atoms with Crippen LogP contribution in [-0.2, 0) is 4.79 Å². The van der Waals surface area contributed by atoms with Gasteiger partial charge in [0.25, 0.3) is 0 Å². The van der Waals surface area contributed by atoms with Crippen LogP contribution in [0.3, 0.4) is 0 Å². The van der Waals surface area contributed by atoms with Crippen molar-refractivity contribution in [2.45, 2.75) is 33.1 Å². The van der Waals surface area contributed by atoms with Crippen molar-refractivity contribution in [1.82, 2.24) is 5.32 Å². The van der Waals surface area contributed by atoms with Gasteiger partial charge >= 0.3 is 0 Å². The van der Waals surface area contributed by atoms with Crippen molar-refractivity contribution in [3.63, 3.8) is 0 Å². The van der Waals surface area contributed by atoms with Crippen molar-refractivity contribution in [3.8, 4) is 0 Å². The molecule has 0 aromatic heterocycles. The summed E-state index contributed by atoms with van der Waals surface area (Å²) in [7, 11) is 0. The highest BCUT2D eigenvalue weighted by Crippen LogP contribution is 2.18. The van der Waals surface area contributed by atoms with Gasteiger partial charge in [-0.05, 0) is 23.8 Å². The Balaban J connectivity index is 2.44. The lowest BCUT2D eigenvalue weighted by molar-refractivity contribution is -0.123. The van der Waals surface area contributed by atoms with E-state index >= 15 is 0 Å². The van der Waals surface area contributed by atoms with E-state index in [1.165, 1.54) is 5.56 Å². The Morgan fingerprint density at radius 3 is 2.35 bits per heavy atom. The highest BCUT2D eigenvalue weighted by atomic mass is 32.1. The smallest absolute Gasteiger partial charge is 0.230 e. The summed E-state index contributed by atoms with van der Waals surface area (Å²) in [5.41, 5.74) is 6.92. The van der Waals surface area contributed by atoms with Gasteiger partial charge in [0, 0.05) is 6.54 Å². The van der Waals surface area contributed by atoms with Gasteiger partial charge in [-0.25, -0.2) is 0 Å². The first-order valence-corrected chi connectivity index (χ1v) is 7.46. The molecule has 0 bridgehead atoms. The molecule has 1 aromatic carbocycles. The van der Waals surface area contributed by atoms with Crippen LogP contribution in [-0.4, -0.2) is 17.4 Å². The molecule has 0 aliphatic carbocycles. The fraction of sp³-hybridized carbons (Fsp3) is 0.500. The van der Waals surface area contributed by atoms with Crippen LogP contribution < -0.4 is 11.1 Å². The molecule has 0 radical (unpaired) electrons. The van der Waals surface area contributed by atoms with Crippen LogP contribution in [0.2, 0.25) is 0 Å². The summed E-state index contributed by atoms with van der Waals surface area (Å²) in [5.74, 6) is 0.0997. The number of nitrogens with one attached hydrogen (secondary N) is 1. The van der Waals surface area contributed by atoms with Crippen LogP contribution in [0.1, 0.15) is 38.7 Å². The largest absolute Gasteiger partial charge is 0.393 e. The van der Waals surface area contributed by atoms with E-state index < -0.39 is 0 Å². The summed E-state index contributed by atoms with van der Waals surface area (Å²) in [6.45, 7) is 6.71. The van der Waals surface area contributed by atoms with Crippen LogP contribution in [0.4, 0.5) is 0 Å². The van der Waals surface area contributed by atoms with Crippen molar-refractivity contribution in [1.29, 1.82) is 0 Å². The average Bonchev–Trinajstić information content (AvgIpc) is 2.38. The minimum Gasteiger partial charge on any atom is -0.393 e. The molecule has 0 spiro atoms. The summed E-state index contributed by atoms with van der Waals surface area (Å²) < 4.78 is 0. The number of hydrogen-bond donors (Lipinski definition) is 2. The first-order valence-electron chi connectivity index (χ1n) is 7.05. The molecule has 20 heavy (non-hydrogen) atoms. The summed E-state index contributed by atoms with van der Waals surface area (Å²) >= 11 is 4.96. The minimum absolute atomic E-state index is 0.0623. The summed E-state index contributed by atoms with van der Waals surface area (Å²) in [6.07, 6.45) is 0.901. The molecule has 1 rings (SSSR count). The lowest BCUT2D eigenvalue weighted by Gasteiger charge is -2.19. The zero-order valence-electron chi connectivity index (χ0n) is 12.4. The summed E-state index contributed by atoms with van der Waals surface area (Å²) in [4.78, 5) is 12.3. The number of amides is 1. The monoisotopic (exact) mass is 292 g/mol. The summed E-state index contributed by atoms with van der Waals surface area (Å²) in [6, 6.07) is 10.3. The van der Waals surface area contributed by atoms with Gasteiger partial charge in [0.15, 0.2) is 0 Å². The third-order valence-corrected chi connectivity index (χ3v) is 3.75. The number of benzene rings is 1. The molecule has 0 heterocycles. The number of carbonyl (C=O) groups excluding carboxylic acids is 1. The standard InChI is InChI=1S/C16H24N2OS/c1-11(2)14(15(17)20)16(19)18-10-9-12(3)13-7-5-4-6-8-13/h4-8,11-12,14H,9-10H2,1-3H3,(H2,17,20)(H,18,19). The van der Waals surface area contributed by atoms with Gasteiger partial charge < -0.3 is 11.1 Å². The summed E-state index contributed by atoms with van der Waals surface area (Å²) in [5, 5.41) is 2.94. The van der Waals surface area contributed by atoms with Crippen LogP contribution in [0.5, 0.6) is 0 Å². The fourth-order valence-electron chi connectivity index (χ4n) is 2.23. The third kappa shape index (κ3) is 4.93. The normalized spacial score (nSPS) is 13.8. The second-order valence-electron chi connectivity index (χ2n) is 5.52. The van der Waals surface area contributed by atoms with Gasteiger partial charge in [0.1, 0.15) is 0 Å². The van der Waals surface area contributed by atoms with E-state index in [1.807, 2.05) is 32.0 Å². The molecule has 4 heteroatoms. The fourth-order valence-corrected chi connectivity index (χ4v) is 2.61. The topological polar surface area (TPSA) is 55.1 Å². The van der Waals surface area contributed by atoms with Crippen molar-refractivity contribution < 1.29 is 4.79 Å². The SMILES string of the molecule is CC(CCNC(=O)C(C(N)=S)C(C)C)c1ccccc1. The lowest BCUT2D eigenvalue weighted by Crippen LogP contribution is -2.41. The molecule has 0 aliphatic rings. The Kier molecular flexibility index (Phi) is 6.65. The van der Waals surface area contributed by atoms with Crippen molar-refractivity contribution in [2.24, 2.45) is 17.6 Å². The van der Waals surface area contributed by atoms with Gasteiger partial charge in [-0.15, -0.1) is 0 Å². The number of hydrogen-bond acceptors (Lipinski definition) is 2. The highest BCUT2D eigenvalue weighted by Gasteiger charge is 2.24. The molecular formula is C16H24N2OS. The molecule has 1 amide bonds. The molecule has 3 N–H and O–H groups in total. The molecule has 0 saturated heterocycles. The first-order chi connectivity index (χ1) is 9.43. The van der Waals surface area contributed by atoms with E-state index in [-0.39, 0.29) is 22.7 Å². The number of thiocarbonyl (C=S) groups is 1. The van der Waals surface area contributed by atoms with Crippen molar-refractivity contribution in [3.05, 3.63) is 35.9 Å². The maximum atomic E-state index is 12.1. The maximum Gasteiger partial charge on any atom is 0.230 e. The maximum absolute atomic E-state index is 12.1. The molecule has 0 fully saturated rings. The molecule has 1 aromatic rings. The predicted octanol–water partition coefficient (Wildman–Crippen LogP) is 2.85. The number of rotatable bonds is 7. The van der Waals surface area contributed by atoms with E-state index in [1.54, 1.807) is 0 Å². The predicted molar refractivity (Wildman–Crippen MR) is 87.6 cm³/mol. The van der Waals surface area contributed by atoms with Gasteiger partial charge in [-0.3, -0.25) is 4.79 Å². The Bertz CT molecular complexity index is 445. The van der Waals surface area contributed by atoms with Crippen molar-refractivity contribution >= 4 is 23.1 Å². The number of nitrogens with two attached hydrogens (primary N) is 1. The van der Waals surface area contributed by atoms with E-state index in [4.69, 9.17) is 18.0 Å². The van der Waals surface area contributed by atoms with Gasteiger partial charge in [-0.1, -0.05) is 63.3 Å². The minimum atomic E-state index is -0.378. The van der Waals surface area contributed by atoms with Crippen LogP contribution in [0.15, 0.2) is 30.3 Å². The zero-order valence-corrected chi connectivity index (χ0v) is 13.2. The second kappa shape index (κ2) is 8.00. The van der Waals surface area contributed by atoms with Gasteiger partial charge in [0.2, 0.25) is 5.91 Å².